The number of likely N-dealkylation sites (tertiary alicyclic amines) is 1. The van der Waals surface area contributed by atoms with E-state index in [1.165, 1.54) is 18.2 Å². The van der Waals surface area contributed by atoms with Crippen LogP contribution in [0.1, 0.15) is 39.7 Å². The molecule has 2 heterocycles. The number of fused-ring (bicyclic) bond motifs is 2. The van der Waals surface area contributed by atoms with Crippen LogP contribution in [-0.2, 0) is 0 Å². The van der Waals surface area contributed by atoms with Gasteiger partial charge in [0.15, 0.2) is 0 Å². The van der Waals surface area contributed by atoms with Crippen molar-refractivity contribution in [3.8, 4) is 0 Å². The molecular weight excluding hydrogens is 239 g/mol. The van der Waals surface area contributed by atoms with E-state index in [4.69, 9.17) is 0 Å². The fraction of sp³-hybridized carbons (Fsp3) is 0.562. The summed E-state index contributed by atoms with van der Waals surface area (Å²) in [4.78, 5) is 6.25. The van der Waals surface area contributed by atoms with Gasteiger partial charge in [0.1, 0.15) is 5.82 Å². The molecule has 1 aromatic heterocycles. The van der Waals surface area contributed by atoms with Crippen molar-refractivity contribution in [1.29, 1.82) is 0 Å². The SMILES string of the molecule is CC.CC.CN1CC2CC1C=C2c1cncc(F)c1. The lowest BCUT2D eigenvalue weighted by Crippen LogP contribution is -2.25. The fourth-order valence-electron chi connectivity index (χ4n) is 2.69. The van der Waals surface area contributed by atoms with Crippen molar-refractivity contribution in [3.63, 3.8) is 0 Å². The van der Waals surface area contributed by atoms with Gasteiger partial charge >= 0.3 is 0 Å². The summed E-state index contributed by atoms with van der Waals surface area (Å²) in [7, 11) is 2.14. The lowest BCUT2D eigenvalue weighted by Gasteiger charge is -2.21. The first kappa shape index (κ1) is 15.8. The molecule has 0 spiro atoms. The quantitative estimate of drug-likeness (QED) is 0.762. The Kier molecular flexibility index (Phi) is 6.16. The Balaban J connectivity index is 0.000000415. The summed E-state index contributed by atoms with van der Waals surface area (Å²) in [6.45, 7) is 9.09. The molecule has 1 aliphatic carbocycles. The molecule has 0 amide bonds. The van der Waals surface area contributed by atoms with Gasteiger partial charge in [-0.3, -0.25) is 9.88 Å². The molecule has 2 nitrogen and oxygen atoms in total. The molecule has 1 saturated heterocycles. The van der Waals surface area contributed by atoms with Crippen molar-refractivity contribution in [2.45, 2.75) is 40.2 Å². The highest BCUT2D eigenvalue weighted by Crippen LogP contribution is 2.41. The van der Waals surface area contributed by atoms with Gasteiger partial charge in [-0.05, 0) is 36.6 Å². The van der Waals surface area contributed by atoms with Crippen LogP contribution in [0.2, 0.25) is 0 Å². The highest BCUT2D eigenvalue weighted by Gasteiger charge is 2.37. The molecule has 0 N–H and O–H groups in total. The van der Waals surface area contributed by atoms with Crippen molar-refractivity contribution in [1.82, 2.24) is 9.88 Å². The minimum Gasteiger partial charge on any atom is -0.299 e. The van der Waals surface area contributed by atoms with Gasteiger partial charge in [0.2, 0.25) is 0 Å². The molecule has 2 atom stereocenters. The summed E-state index contributed by atoms with van der Waals surface area (Å²) in [5.41, 5.74) is 2.24. The average Bonchev–Trinajstić information content (AvgIpc) is 3.02. The smallest absolute Gasteiger partial charge is 0.142 e. The van der Waals surface area contributed by atoms with E-state index in [1.54, 1.807) is 12.3 Å². The van der Waals surface area contributed by atoms with Crippen LogP contribution in [0.25, 0.3) is 5.57 Å². The maximum Gasteiger partial charge on any atom is 0.142 e. The zero-order valence-corrected chi connectivity index (χ0v) is 12.7. The minimum atomic E-state index is -0.246. The van der Waals surface area contributed by atoms with Gasteiger partial charge in [0.25, 0.3) is 0 Å². The highest BCUT2D eigenvalue weighted by atomic mass is 19.1. The van der Waals surface area contributed by atoms with Gasteiger partial charge < -0.3 is 0 Å². The first-order chi connectivity index (χ1) is 9.24. The van der Waals surface area contributed by atoms with Gasteiger partial charge in [-0.1, -0.05) is 33.8 Å². The summed E-state index contributed by atoms with van der Waals surface area (Å²) in [6, 6.07) is 2.13. The number of aromatic nitrogens is 1. The number of rotatable bonds is 1. The number of likely N-dealkylation sites (N-methyl/N-ethyl adjacent to an activating group) is 1. The predicted molar refractivity (Wildman–Crippen MR) is 79.4 cm³/mol. The van der Waals surface area contributed by atoms with Crippen LogP contribution in [0.4, 0.5) is 4.39 Å². The Morgan fingerprint density at radius 2 is 1.89 bits per heavy atom. The van der Waals surface area contributed by atoms with E-state index in [9.17, 15) is 4.39 Å². The van der Waals surface area contributed by atoms with Gasteiger partial charge in [-0.2, -0.15) is 0 Å². The molecule has 3 rings (SSSR count). The van der Waals surface area contributed by atoms with Crippen LogP contribution >= 0.6 is 0 Å². The maximum absolute atomic E-state index is 13.0. The summed E-state index contributed by atoms with van der Waals surface area (Å²) < 4.78 is 13.0. The molecule has 1 aliphatic heterocycles. The number of halogens is 1. The predicted octanol–water partition coefficient (Wildman–Crippen LogP) is 3.99. The zero-order valence-electron chi connectivity index (χ0n) is 12.7. The largest absolute Gasteiger partial charge is 0.299 e. The number of pyridine rings is 1. The van der Waals surface area contributed by atoms with Crippen molar-refractivity contribution in [3.05, 3.63) is 35.9 Å². The van der Waals surface area contributed by atoms with E-state index < -0.39 is 0 Å². The van der Waals surface area contributed by atoms with E-state index in [1.807, 2.05) is 27.7 Å². The molecule has 2 aliphatic rings. The standard InChI is InChI=1S/C12H13FN2.2C2H6/c1-15-7-9-3-11(15)4-12(9)8-2-10(13)6-14-5-8;2*1-2/h2,4-6,9,11H,3,7H2,1H3;2*1-2H3. The third-order valence-corrected chi connectivity index (χ3v) is 3.45. The van der Waals surface area contributed by atoms with E-state index in [0.717, 1.165) is 12.1 Å². The van der Waals surface area contributed by atoms with E-state index >= 15 is 0 Å². The second-order valence-electron chi connectivity index (χ2n) is 4.45. The first-order valence-corrected chi connectivity index (χ1v) is 7.27. The molecule has 0 saturated carbocycles. The third-order valence-electron chi connectivity index (χ3n) is 3.45. The molecule has 1 aromatic rings. The van der Waals surface area contributed by atoms with Gasteiger partial charge in [0.05, 0.1) is 6.20 Å². The van der Waals surface area contributed by atoms with Crippen LogP contribution in [0.15, 0.2) is 24.5 Å². The Bertz CT molecular complexity index is 429. The minimum absolute atomic E-state index is 0.246. The van der Waals surface area contributed by atoms with Crippen molar-refractivity contribution < 1.29 is 4.39 Å². The number of nitrogens with zero attached hydrogens (tertiary/aromatic N) is 2. The zero-order chi connectivity index (χ0) is 14.4. The highest BCUT2D eigenvalue weighted by molar-refractivity contribution is 5.71. The lowest BCUT2D eigenvalue weighted by molar-refractivity contribution is 0.347. The molecule has 0 aromatic carbocycles. The van der Waals surface area contributed by atoms with Gasteiger partial charge in [0, 0.05) is 18.8 Å². The fourth-order valence-corrected chi connectivity index (χ4v) is 2.69. The monoisotopic (exact) mass is 264 g/mol. The lowest BCUT2D eigenvalue weighted by atomic mass is 9.97. The van der Waals surface area contributed by atoms with E-state index in [-0.39, 0.29) is 5.82 Å². The number of hydrogen-bond acceptors (Lipinski definition) is 2. The van der Waals surface area contributed by atoms with Crippen molar-refractivity contribution in [2.75, 3.05) is 13.6 Å². The molecule has 0 radical (unpaired) electrons. The van der Waals surface area contributed by atoms with Gasteiger partial charge in [-0.25, -0.2) is 4.39 Å². The maximum atomic E-state index is 13.0. The second kappa shape index (κ2) is 7.39. The summed E-state index contributed by atoms with van der Waals surface area (Å²) >= 11 is 0. The van der Waals surface area contributed by atoms with Gasteiger partial charge in [-0.15, -0.1) is 0 Å². The Labute approximate surface area is 116 Å². The van der Waals surface area contributed by atoms with Crippen molar-refractivity contribution >= 4 is 5.57 Å². The Morgan fingerprint density at radius 3 is 2.37 bits per heavy atom. The van der Waals surface area contributed by atoms with Crippen molar-refractivity contribution in [2.24, 2.45) is 5.92 Å². The average molecular weight is 264 g/mol. The van der Waals surface area contributed by atoms with Crippen LogP contribution in [-0.4, -0.2) is 29.5 Å². The summed E-state index contributed by atoms with van der Waals surface area (Å²) in [6.07, 6.45) is 6.45. The Hall–Kier alpha value is -1.22. The Morgan fingerprint density at radius 1 is 1.21 bits per heavy atom. The third kappa shape index (κ3) is 3.41. The number of hydrogen-bond donors (Lipinski definition) is 0. The van der Waals surface area contributed by atoms with E-state index in [0.29, 0.717) is 12.0 Å². The summed E-state index contributed by atoms with van der Waals surface area (Å²) in [5, 5.41) is 0. The molecule has 2 bridgehead atoms. The molecule has 1 fully saturated rings. The van der Waals surface area contributed by atoms with Crippen LogP contribution in [0.5, 0.6) is 0 Å². The van der Waals surface area contributed by atoms with Crippen LogP contribution in [0, 0.1) is 11.7 Å². The topological polar surface area (TPSA) is 16.1 Å². The molecule has 3 heteroatoms. The van der Waals surface area contributed by atoms with E-state index in [2.05, 4.69) is 23.0 Å². The normalized spacial score (nSPS) is 24.0. The molecule has 19 heavy (non-hydrogen) atoms. The summed E-state index contributed by atoms with van der Waals surface area (Å²) in [5.74, 6) is 0.327. The molecule has 2 unspecified atom stereocenters. The molecular formula is C16H25FN2. The second-order valence-corrected chi connectivity index (χ2v) is 4.45. The van der Waals surface area contributed by atoms with Crippen LogP contribution < -0.4 is 0 Å². The van der Waals surface area contributed by atoms with Crippen LogP contribution in [0.3, 0.4) is 0 Å². The molecule has 106 valence electrons. The first-order valence-electron chi connectivity index (χ1n) is 7.27.